The molecule has 1 fully saturated rings. The number of aromatic nitrogens is 2. The van der Waals surface area contributed by atoms with Gasteiger partial charge in [0.1, 0.15) is 6.07 Å². The Bertz CT molecular complexity index is 1100. The first kappa shape index (κ1) is 17.6. The van der Waals surface area contributed by atoms with E-state index in [1.54, 1.807) is 11.0 Å². The van der Waals surface area contributed by atoms with Crippen molar-refractivity contribution in [2.45, 2.75) is 37.2 Å². The Morgan fingerprint density at radius 1 is 1.26 bits per heavy atom. The Hall–Kier alpha value is -2.79. The second-order valence-corrected chi connectivity index (χ2v) is 9.22. The summed E-state index contributed by atoms with van der Waals surface area (Å²) in [5.74, 6) is 0.272. The van der Waals surface area contributed by atoms with Crippen molar-refractivity contribution in [2.24, 2.45) is 5.92 Å². The maximum absolute atomic E-state index is 13.0. The molecule has 1 aliphatic heterocycles. The van der Waals surface area contributed by atoms with E-state index in [9.17, 15) is 13.2 Å². The van der Waals surface area contributed by atoms with Crippen LogP contribution in [0.15, 0.2) is 29.3 Å². The summed E-state index contributed by atoms with van der Waals surface area (Å²) in [6.07, 6.45) is 4.80. The van der Waals surface area contributed by atoms with Gasteiger partial charge in [-0.15, -0.1) is 5.10 Å². The highest BCUT2D eigenvalue weighted by atomic mass is 32.2. The van der Waals surface area contributed by atoms with Gasteiger partial charge in [-0.25, -0.2) is 8.42 Å². The van der Waals surface area contributed by atoms with Crippen LogP contribution in [0.4, 0.5) is 0 Å². The zero-order valence-corrected chi connectivity index (χ0v) is 15.8. The van der Waals surface area contributed by atoms with Crippen LogP contribution in [0.3, 0.4) is 0 Å². The maximum atomic E-state index is 13.0. The van der Waals surface area contributed by atoms with Crippen LogP contribution >= 0.6 is 0 Å². The number of nitrogens with zero attached hydrogens (tertiary/aromatic N) is 4. The summed E-state index contributed by atoms with van der Waals surface area (Å²) >= 11 is 0. The van der Waals surface area contributed by atoms with Gasteiger partial charge < -0.3 is 4.90 Å². The molecule has 4 rings (SSSR count). The normalized spacial score (nSPS) is 17.5. The predicted molar refractivity (Wildman–Crippen MR) is 97.4 cm³/mol. The first-order valence-electron chi connectivity index (χ1n) is 8.70. The number of sulfone groups is 1. The number of hydrogen-bond acceptors (Lipinski definition) is 6. The van der Waals surface area contributed by atoms with Gasteiger partial charge in [0.25, 0.3) is 5.91 Å². The molecule has 7 nitrogen and oxygen atoms in total. The number of nitriles is 1. The van der Waals surface area contributed by atoms with Crippen molar-refractivity contribution in [1.82, 2.24) is 15.1 Å². The number of fused-ring (bicyclic) bond motifs is 1. The summed E-state index contributed by atoms with van der Waals surface area (Å²) in [4.78, 5) is 14.8. The van der Waals surface area contributed by atoms with E-state index in [0.29, 0.717) is 29.2 Å². The van der Waals surface area contributed by atoms with Crippen LogP contribution in [0.1, 0.15) is 41.4 Å². The van der Waals surface area contributed by atoms with Crippen molar-refractivity contribution < 1.29 is 13.2 Å². The highest BCUT2D eigenvalue weighted by Crippen LogP contribution is 2.40. The fourth-order valence-electron chi connectivity index (χ4n) is 3.64. The lowest BCUT2D eigenvalue weighted by molar-refractivity contribution is 0.0694. The third-order valence-corrected chi connectivity index (χ3v) is 6.42. The second kappa shape index (κ2) is 6.13. The monoisotopic (exact) mass is 382 g/mol. The molecule has 1 saturated carbocycles. The van der Waals surface area contributed by atoms with E-state index in [0.717, 1.165) is 19.1 Å². The molecule has 0 radical (unpaired) electrons. The third kappa shape index (κ3) is 3.08. The van der Waals surface area contributed by atoms with Gasteiger partial charge in [-0.2, -0.15) is 10.4 Å². The molecule has 1 aromatic heterocycles. The summed E-state index contributed by atoms with van der Waals surface area (Å²) in [7, 11) is -3.61. The molecule has 8 heteroatoms. The smallest absolute Gasteiger partial charge is 0.256 e. The van der Waals surface area contributed by atoms with E-state index >= 15 is 0 Å². The van der Waals surface area contributed by atoms with Crippen molar-refractivity contribution in [3.8, 4) is 17.2 Å². The van der Waals surface area contributed by atoms with Crippen molar-refractivity contribution in [3.05, 3.63) is 41.2 Å². The molecule has 1 aromatic carbocycles. The number of benzene rings is 1. The van der Waals surface area contributed by atoms with Gasteiger partial charge in [0.05, 0.1) is 16.7 Å². The van der Waals surface area contributed by atoms with Crippen LogP contribution < -0.4 is 0 Å². The van der Waals surface area contributed by atoms with E-state index in [2.05, 4.69) is 10.2 Å². The molecule has 2 aliphatic rings. The quantitative estimate of drug-likeness (QED) is 0.803. The molecule has 1 aliphatic carbocycles. The van der Waals surface area contributed by atoms with Crippen LogP contribution in [0.2, 0.25) is 0 Å². The SMILES string of the molecule is CC(C1CC1)N1Cc2cc(-c3cnnc(C#N)c3)cc(S(C)(=O)=O)c2C1=O. The van der Waals surface area contributed by atoms with Crippen LogP contribution in [0, 0.1) is 17.2 Å². The first-order valence-corrected chi connectivity index (χ1v) is 10.6. The molecule has 0 bridgehead atoms. The highest BCUT2D eigenvalue weighted by molar-refractivity contribution is 7.90. The van der Waals surface area contributed by atoms with Crippen LogP contribution in [0.25, 0.3) is 11.1 Å². The predicted octanol–water partition coefficient (Wildman–Crippen LogP) is 2.17. The Morgan fingerprint density at radius 2 is 2.00 bits per heavy atom. The number of hydrogen-bond donors (Lipinski definition) is 0. The fourth-order valence-corrected chi connectivity index (χ4v) is 4.57. The van der Waals surface area contributed by atoms with E-state index < -0.39 is 9.84 Å². The van der Waals surface area contributed by atoms with Crippen LogP contribution in [-0.2, 0) is 16.4 Å². The molecule has 1 amide bonds. The number of rotatable bonds is 4. The average Bonchev–Trinajstić information content (AvgIpc) is 3.44. The van der Waals surface area contributed by atoms with Gasteiger partial charge in [-0.1, -0.05) is 0 Å². The minimum atomic E-state index is -3.61. The van der Waals surface area contributed by atoms with Crippen molar-refractivity contribution in [2.75, 3.05) is 6.26 Å². The van der Waals surface area contributed by atoms with E-state index in [-0.39, 0.29) is 28.1 Å². The molecular formula is C19H18N4O3S. The number of carbonyl (C=O) groups excluding carboxylic acids is 1. The lowest BCUT2D eigenvalue weighted by Crippen LogP contribution is -2.35. The molecule has 2 heterocycles. The van der Waals surface area contributed by atoms with Gasteiger partial charge in [0.15, 0.2) is 15.5 Å². The summed E-state index contributed by atoms with van der Waals surface area (Å²) in [5, 5.41) is 16.6. The zero-order chi connectivity index (χ0) is 19.3. The van der Waals surface area contributed by atoms with E-state index in [1.165, 1.54) is 12.3 Å². The topological polar surface area (TPSA) is 104 Å². The van der Waals surface area contributed by atoms with Gasteiger partial charge in [-0.05, 0) is 55.0 Å². The van der Waals surface area contributed by atoms with E-state index in [1.807, 2.05) is 19.1 Å². The van der Waals surface area contributed by atoms with E-state index in [4.69, 9.17) is 5.26 Å². The second-order valence-electron chi connectivity index (χ2n) is 7.23. The molecule has 0 spiro atoms. The van der Waals surface area contributed by atoms with Crippen molar-refractivity contribution >= 4 is 15.7 Å². The first-order chi connectivity index (χ1) is 12.8. The lowest BCUT2D eigenvalue weighted by atomic mass is 10.0. The summed E-state index contributed by atoms with van der Waals surface area (Å²) < 4.78 is 24.8. The Balaban J connectivity index is 1.86. The Morgan fingerprint density at radius 3 is 2.63 bits per heavy atom. The lowest BCUT2D eigenvalue weighted by Gasteiger charge is -2.24. The summed E-state index contributed by atoms with van der Waals surface area (Å²) in [6.45, 7) is 2.42. The molecule has 138 valence electrons. The fraction of sp³-hybridized carbons (Fsp3) is 0.368. The summed E-state index contributed by atoms with van der Waals surface area (Å²) in [6, 6.07) is 6.89. The number of carbonyl (C=O) groups is 1. The molecule has 2 aromatic rings. The summed E-state index contributed by atoms with van der Waals surface area (Å²) in [5.41, 5.74) is 2.32. The van der Waals surface area contributed by atoms with Gasteiger partial charge in [-0.3, -0.25) is 4.79 Å². The minimum absolute atomic E-state index is 0.0285. The molecule has 27 heavy (non-hydrogen) atoms. The van der Waals surface area contributed by atoms with Gasteiger partial charge in [0, 0.05) is 24.4 Å². The standard InChI is InChI=1S/C19H18N4O3S/c1-11(12-3-4-12)23-10-15-5-13(14-6-16(8-20)22-21-9-14)7-17(27(2,25)26)18(15)19(23)24/h5-7,9,11-12H,3-4,10H2,1-2H3. The largest absolute Gasteiger partial charge is 0.331 e. The van der Waals surface area contributed by atoms with Crippen LogP contribution in [0.5, 0.6) is 0 Å². The third-order valence-electron chi connectivity index (χ3n) is 5.30. The molecule has 0 N–H and O–H groups in total. The average molecular weight is 382 g/mol. The van der Waals surface area contributed by atoms with Gasteiger partial charge >= 0.3 is 0 Å². The highest BCUT2D eigenvalue weighted by Gasteiger charge is 2.40. The molecular weight excluding hydrogens is 364 g/mol. The Kier molecular flexibility index (Phi) is 4.00. The Labute approximate surface area is 157 Å². The maximum Gasteiger partial charge on any atom is 0.256 e. The molecule has 0 saturated heterocycles. The van der Waals surface area contributed by atoms with Crippen molar-refractivity contribution in [1.29, 1.82) is 5.26 Å². The van der Waals surface area contributed by atoms with Gasteiger partial charge in [0.2, 0.25) is 0 Å². The van der Waals surface area contributed by atoms with Crippen molar-refractivity contribution in [3.63, 3.8) is 0 Å². The minimum Gasteiger partial charge on any atom is -0.331 e. The zero-order valence-electron chi connectivity index (χ0n) is 15.0. The number of amides is 1. The molecule has 1 unspecified atom stereocenters. The van der Waals surface area contributed by atoms with Crippen LogP contribution in [-0.4, -0.2) is 41.7 Å². The molecule has 1 atom stereocenters.